The quantitative estimate of drug-likeness (QED) is 0.391. The van der Waals surface area contributed by atoms with Crippen molar-refractivity contribution < 1.29 is 16.5 Å². The molecule has 0 aliphatic carbocycles. The van der Waals surface area contributed by atoms with E-state index in [9.17, 15) is 0 Å². The Kier molecular flexibility index (Phi) is 6.55. The second-order valence-electron chi connectivity index (χ2n) is 5.24. The zero-order valence-corrected chi connectivity index (χ0v) is 13.7. The van der Waals surface area contributed by atoms with Crippen molar-refractivity contribution in [2.75, 3.05) is 19.7 Å². The van der Waals surface area contributed by atoms with Crippen LogP contribution in [-0.4, -0.2) is 48.7 Å². The Morgan fingerprint density at radius 2 is 2.25 bits per heavy atom. The second-order valence-corrected chi connectivity index (χ2v) is 6.65. The summed E-state index contributed by atoms with van der Waals surface area (Å²) >= 11 is 0. The van der Waals surface area contributed by atoms with Gasteiger partial charge in [0.2, 0.25) is 6.54 Å². The van der Waals surface area contributed by atoms with Gasteiger partial charge >= 0.3 is 0 Å². The number of ether oxygens (including phenoxy) is 1. The molecule has 116 valence electrons. The van der Waals surface area contributed by atoms with Gasteiger partial charge < -0.3 is 18.6 Å². The van der Waals surface area contributed by atoms with E-state index in [1.807, 2.05) is 0 Å². The Hall–Kier alpha value is -0.240. The average Bonchev–Trinajstić information content (AvgIpc) is 2.78. The summed E-state index contributed by atoms with van der Waals surface area (Å²) in [5, 5.41) is 0. The van der Waals surface area contributed by atoms with Crippen molar-refractivity contribution in [3.05, 3.63) is 11.4 Å². The first-order valence-electron chi connectivity index (χ1n) is 8.27. The van der Waals surface area contributed by atoms with Gasteiger partial charge in [-0.05, 0) is 41.0 Å². The van der Waals surface area contributed by atoms with Crippen molar-refractivity contribution in [1.82, 2.24) is 4.67 Å². The molecule has 0 amide bonds. The van der Waals surface area contributed by atoms with Crippen molar-refractivity contribution in [3.63, 3.8) is 0 Å². The van der Waals surface area contributed by atoms with Crippen LogP contribution in [0, 0.1) is 6.57 Å². The number of hydrogen-bond acceptors (Lipinski definition) is 4. The third-order valence-corrected chi connectivity index (χ3v) is 5.05. The summed E-state index contributed by atoms with van der Waals surface area (Å²) in [6.07, 6.45) is -0.212. The van der Waals surface area contributed by atoms with Crippen LogP contribution in [0.15, 0.2) is 0 Å². The van der Waals surface area contributed by atoms with Crippen LogP contribution >= 0.6 is 8.53 Å². The van der Waals surface area contributed by atoms with Crippen molar-refractivity contribution in [2.24, 2.45) is 0 Å². The lowest BCUT2D eigenvalue weighted by Crippen LogP contribution is -2.35. The van der Waals surface area contributed by atoms with Crippen LogP contribution in [0.25, 0.3) is 4.85 Å². The molecular formula is C14H27N2O3P. The lowest BCUT2D eigenvalue weighted by atomic mass is 10.2. The van der Waals surface area contributed by atoms with E-state index in [2.05, 4.69) is 37.2 Å². The molecular weight excluding hydrogens is 275 g/mol. The molecule has 0 aromatic carbocycles. The lowest BCUT2D eigenvalue weighted by Gasteiger charge is -2.37. The maximum Gasteiger partial charge on any atom is 0.259 e. The highest BCUT2D eigenvalue weighted by atomic mass is 31.2. The zero-order chi connectivity index (χ0) is 16.7. The van der Waals surface area contributed by atoms with Gasteiger partial charge in [0, 0.05) is 20.0 Å². The molecule has 1 aliphatic rings. The van der Waals surface area contributed by atoms with Crippen LogP contribution in [0.2, 0.25) is 0 Å². The fourth-order valence-electron chi connectivity index (χ4n) is 2.03. The SMILES string of the molecule is [2H]C[C@H]1O[C@@H]([3H])C[C@@H]1OP(OCC[N+]#[C-])N(C(C)C)C(C)C. The highest BCUT2D eigenvalue weighted by Crippen LogP contribution is 2.48. The third-order valence-electron chi connectivity index (χ3n) is 2.89. The standard InChI is InChI=1S/C14H27N2O3P/c1-11(2)16(12(3)4)20(18-10-8-15-6)19-14-7-9-17-13(14)5/h11-14H,7-10H2,1-5H3/t13-,14+,20?/m1/s1/i5D,9T/t9-,13+,14-,20?/m0. The van der Waals surface area contributed by atoms with Gasteiger partial charge in [-0.1, -0.05) is 0 Å². The summed E-state index contributed by atoms with van der Waals surface area (Å²) in [5.74, 6) is 0. The molecule has 4 atom stereocenters. The van der Waals surface area contributed by atoms with Gasteiger partial charge in [0.1, 0.15) is 6.61 Å². The molecule has 5 nitrogen and oxygen atoms in total. The van der Waals surface area contributed by atoms with Crippen LogP contribution in [0.5, 0.6) is 0 Å². The molecule has 0 spiro atoms. The molecule has 0 N–H and O–H groups in total. The first kappa shape index (κ1) is 14.7. The molecule has 6 heteroatoms. The molecule has 0 radical (unpaired) electrons. The van der Waals surface area contributed by atoms with Gasteiger partial charge in [0.25, 0.3) is 8.53 Å². The van der Waals surface area contributed by atoms with E-state index in [1.54, 1.807) is 0 Å². The molecule has 1 rings (SSSR count). The third kappa shape index (κ3) is 5.27. The minimum Gasteiger partial charge on any atom is -0.376 e. The summed E-state index contributed by atoms with van der Waals surface area (Å²) in [7, 11) is -1.33. The Bertz CT molecular complexity index is 360. The van der Waals surface area contributed by atoms with Crippen LogP contribution < -0.4 is 0 Å². The van der Waals surface area contributed by atoms with Crippen LogP contribution in [-0.2, 0) is 13.8 Å². The van der Waals surface area contributed by atoms with Gasteiger partial charge in [0.05, 0.1) is 13.6 Å². The van der Waals surface area contributed by atoms with Crippen LogP contribution in [0.3, 0.4) is 0 Å². The molecule has 1 heterocycles. The van der Waals surface area contributed by atoms with E-state index in [0.29, 0.717) is 19.6 Å². The molecule has 0 bridgehead atoms. The Morgan fingerprint density at radius 3 is 2.80 bits per heavy atom. The zero-order valence-electron chi connectivity index (χ0n) is 14.8. The summed E-state index contributed by atoms with van der Waals surface area (Å²) in [5.41, 5.74) is 0. The lowest BCUT2D eigenvalue weighted by molar-refractivity contribution is 0.0548. The largest absolute Gasteiger partial charge is 0.376 e. The van der Waals surface area contributed by atoms with E-state index in [4.69, 9.17) is 23.1 Å². The minimum atomic E-state index is -1.33. The topological polar surface area (TPSA) is 35.3 Å². The second kappa shape index (κ2) is 8.92. The maximum absolute atomic E-state index is 7.71. The van der Waals surface area contributed by atoms with Gasteiger partial charge in [-0.25, -0.2) is 11.2 Å². The van der Waals surface area contributed by atoms with E-state index in [-0.39, 0.29) is 31.2 Å². The molecule has 0 saturated carbocycles. The maximum atomic E-state index is 7.71. The smallest absolute Gasteiger partial charge is 0.259 e. The Morgan fingerprint density at radius 1 is 1.55 bits per heavy atom. The van der Waals surface area contributed by atoms with Gasteiger partial charge in [0.15, 0.2) is 0 Å². The Balaban J connectivity index is 2.78. The normalized spacial score (nSPS) is 29.6. The van der Waals surface area contributed by atoms with Crippen molar-refractivity contribution in [3.8, 4) is 0 Å². The summed E-state index contributed by atoms with van der Waals surface area (Å²) in [6.45, 7) is 15.3. The molecule has 0 aromatic heterocycles. The fourth-order valence-corrected chi connectivity index (χ4v) is 3.78. The summed E-state index contributed by atoms with van der Waals surface area (Å²) in [4.78, 5) is 3.31. The minimum absolute atomic E-state index is 0.0780. The molecule has 20 heavy (non-hydrogen) atoms. The van der Waals surface area contributed by atoms with E-state index < -0.39 is 15.1 Å². The van der Waals surface area contributed by atoms with Gasteiger partial charge in [-0.15, -0.1) is 0 Å². The fraction of sp³-hybridized carbons (Fsp3) is 0.929. The van der Waals surface area contributed by atoms with Crippen molar-refractivity contribution in [2.45, 2.75) is 65.3 Å². The molecule has 0 aromatic rings. The molecule has 1 aliphatic heterocycles. The van der Waals surface area contributed by atoms with Crippen LogP contribution in [0.4, 0.5) is 0 Å². The number of nitrogens with zero attached hydrogens (tertiary/aromatic N) is 2. The monoisotopic (exact) mass is 305 g/mol. The highest BCUT2D eigenvalue weighted by Gasteiger charge is 2.34. The van der Waals surface area contributed by atoms with Crippen molar-refractivity contribution in [1.29, 1.82) is 0 Å². The van der Waals surface area contributed by atoms with Crippen molar-refractivity contribution >= 4 is 8.53 Å². The first-order chi connectivity index (χ1) is 10.4. The van der Waals surface area contributed by atoms with Gasteiger partial charge in [-0.2, -0.15) is 0 Å². The summed E-state index contributed by atoms with van der Waals surface area (Å²) in [6, 6.07) is 0.477. The Labute approximate surface area is 127 Å². The molecule has 1 saturated heterocycles. The predicted octanol–water partition coefficient (Wildman–Crippen LogP) is 3.46. The highest BCUT2D eigenvalue weighted by molar-refractivity contribution is 7.44. The number of hydrogen-bond donors (Lipinski definition) is 0. The summed E-state index contributed by atoms with van der Waals surface area (Å²) < 4.78 is 34.7. The van der Waals surface area contributed by atoms with Crippen LogP contribution in [0.1, 0.15) is 43.8 Å². The first-order valence-corrected chi connectivity index (χ1v) is 8.11. The predicted molar refractivity (Wildman–Crippen MR) is 81.4 cm³/mol. The van der Waals surface area contributed by atoms with E-state index >= 15 is 0 Å². The molecule has 1 unspecified atom stereocenters. The average molecular weight is 305 g/mol. The number of rotatable bonds is 8. The molecule has 1 fully saturated rings. The van der Waals surface area contributed by atoms with E-state index in [0.717, 1.165) is 0 Å². The van der Waals surface area contributed by atoms with Gasteiger partial charge in [-0.3, -0.25) is 0 Å². The van der Waals surface area contributed by atoms with E-state index in [1.165, 1.54) is 0 Å².